The van der Waals surface area contributed by atoms with Gasteiger partial charge in [0.15, 0.2) is 0 Å². The minimum atomic E-state index is -3.55. The molecule has 0 aliphatic carbocycles. The van der Waals surface area contributed by atoms with E-state index in [0.717, 1.165) is 42.0 Å². The number of sulfonamides is 1. The molecule has 0 amide bonds. The maximum Gasteiger partial charge on any atom is 0.243 e. The molecule has 0 saturated carbocycles. The molecule has 8 heteroatoms. The average molecular weight is 412 g/mol. The zero-order valence-corrected chi connectivity index (χ0v) is 17.3. The van der Waals surface area contributed by atoms with E-state index in [4.69, 9.17) is 0 Å². The zero-order valence-electron chi connectivity index (χ0n) is 16.5. The lowest BCUT2D eigenvalue weighted by Gasteiger charge is -2.21. The summed E-state index contributed by atoms with van der Waals surface area (Å²) in [6, 6.07) is 13.0. The number of pyridine rings is 1. The summed E-state index contributed by atoms with van der Waals surface area (Å²) in [6.45, 7) is 5.21. The number of aromatic amines is 1. The summed E-state index contributed by atoms with van der Waals surface area (Å²) in [4.78, 5) is 6.97. The first-order chi connectivity index (χ1) is 14.0. The van der Waals surface area contributed by atoms with Gasteiger partial charge in [-0.3, -0.25) is 15.0 Å². The van der Waals surface area contributed by atoms with Crippen LogP contribution in [0.25, 0.3) is 11.1 Å². The van der Waals surface area contributed by atoms with E-state index < -0.39 is 10.0 Å². The van der Waals surface area contributed by atoms with Gasteiger partial charge >= 0.3 is 0 Å². The smallest absolute Gasteiger partial charge is 0.243 e. The van der Waals surface area contributed by atoms with Crippen LogP contribution < -0.4 is 0 Å². The highest BCUT2D eigenvalue weighted by atomic mass is 32.2. The molecular weight excluding hydrogens is 386 g/mol. The Bertz CT molecular complexity index is 1070. The van der Waals surface area contributed by atoms with Crippen LogP contribution in [0.1, 0.15) is 17.8 Å². The Morgan fingerprint density at radius 3 is 2.72 bits per heavy atom. The molecule has 1 N–H and O–H groups in total. The van der Waals surface area contributed by atoms with Crippen LogP contribution in [0.2, 0.25) is 0 Å². The number of aryl methyl sites for hydroxylation is 1. The van der Waals surface area contributed by atoms with Crippen LogP contribution in [-0.4, -0.2) is 59.0 Å². The fourth-order valence-electron chi connectivity index (χ4n) is 3.68. The van der Waals surface area contributed by atoms with Crippen molar-refractivity contribution in [3.63, 3.8) is 0 Å². The molecule has 0 radical (unpaired) electrons. The van der Waals surface area contributed by atoms with Crippen LogP contribution in [-0.2, 0) is 16.6 Å². The molecule has 2 aromatic heterocycles. The van der Waals surface area contributed by atoms with Crippen LogP contribution >= 0.6 is 0 Å². The first kappa shape index (κ1) is 19.8. The highest BCUT2D eigenvalue weighted by molar-refractivity contribution is 7.89. The third-order valence-electron chi connectivity index (χ3n) is 5.27. The number of nitrogens with zero attached hydrogens (tertiary/aromatic N) is 4. The van der Waals surface area contributed by atoms with Gasteiger partial charge in [0.05, 0.1) is 16.8 Å². The first-order valence-corrected chi connectivity index (χ1v) is 11.2. The largest absolute Gasteiger partial charge is 0.296 e. The van der Waals surface area contributed by atoms with E-state index in [1.54, 1.807) is 34.9 Å². The Balaban J connectivity index is 1.50. The number of nitrogens with one attached hydrogen (secondary N) is 1. The van der Waals surface area contributed by atoms with Gasteiger partial charge in [0, 0.05) is 43.6 Å². The van der Waals surface area contributed by atoms with Crippen molar-refractivity contribution in [2.45, 2.75) is 24.8 Å². The zero-order chi connectivity index (χ0) is 20.3. The second-order valence-electron chi connectivity index (χ2n) is 7.29. The predicted molar refractivity (Wildman–Crippen MR) is 112 cm³/mol. The van der Waals surface area contributed by atoms with Crippen molar-refractivity contribution in [3.05, 3.63) is 66.2 Å². The molecule has 1 saturated heterocycles. The summed E-state index contributed by atoms with van der Waals surface area (Å²) in [7, 11) is -3.55. The van der Waals surface area contributed by atoms with Gasteiger partial charge in [0.1, 0.15) is 0 Å². The Morgan fingerprint density at radius 2 is 1.97 bits per heavy atom. The molecule has 29 heavy (non-hydrogen) atoms. The quantitative estimate of drug-likeness (QED) is 0.698. The van der Waals surface area contributed by atoms with Gasteiger partial charge in [-0.1, -0.05) is 18.2 Å². The molecule has 1 aliphatic heterocycles. The van der Waals surface area contributed by atoms with Gasteiger partial charge < -0.3 is 0 Å². The fraction of sp³-hybridized carbons (Fsp3) is 0.333. The van der Waals surface area contributed by atoms with E-state index in [1.807, 2.05) is 31.2 Å². The monoisotopic (exact) mass is 411 g/mol. The number of hydrogen-bond donors (Lipinski definition) is 1. The average Bonchev–Trinajstić information content (AvgIpc) is 3.02. The number of rotatable bonds is 5. The van der Waals surface area contributed by atoms with Crippen molar-refractivity contribution in [2.75, 3.05) is 26.2 Å². The standard InChI is InChI=1S/C21H25N5O2S/c1-17-21(15-23-24-17)18-6-4-8-20(14-18)29(27,28)26-11-5-10-25(12-13-26)16-19-7-2-3-9-22-19/h2-4,6-9,14-15H,5,10-13,16H2,1H3,(H,23,24). The molecule has 0 atom stereocenters. The maximum atomic E-state index is 13.3. The molecule has 152 valence electrons. The van der Waals surface area contributed by atoms with E-state index >= 15 is 0 Å². The number of aromatic nitrogens is 3. The molecule has 3 heterocycles. The first-order valence-electron chi connectivity index (χ1n) is 9.77. The molecular formula is C21H25N5O2S. The van der Waals surface area contributed by atoms with Crippen LogP contribution in [0, 0.1) is 6.92 Å². The molecule has 7 nitrogen and oxygen atoms in total. The second kappa shape index (κ2) is 8.44. The highest BCUT2D eigenvalue weighted by Gasteiger charge is 2.27. The second-order valence-corrected chi connectivity index (χ2v) is 9.23. The predicted octanol–water partition coefficient (Wildman–Crippen LogP) is 2.68. The van der Waals surface area contributed by atoms with Gasteiger partial charge in [0.2, 0.25) is 10.0 Å². The summed E-state index contributed by atoms with van der Waals surface area (Å²) < 4.78 is 28.2. The molecule has 0 spiro atoms. The van der Waals surface area contributed by atoms with Crippen LogP contribution in [0.4, 0.5) is 0 Å². The van der Waals surface area contributed by atoms with Gasteiger partial charge in [-0.25, -0.2) is 8.42 Å². The van der Waals surface area contributed by atoms with E-state index in [-0.39, 0.29) is 0 Å². The Labute approximate surface area is 171 Å². The summed E-state index contributed by atoms with van der Waals surface area (Å²) in [5.41, 5.74) is 3.69. The number of hydrogen-bond acceptors (Lipinski definition) is 5. The van der Waals surface area contributed by atoms with Gasteiger partial charge in [-0.15, -0.1) is 0 Å². The van der Waals surface area contributed by atoms with E-state index in [1.165, 1.54) is 0 Å². The Morgan fingerprint density at radius 1 is 1.07 bits per heavy atom. The SMILES string of the molecule is Cc1[nH]ncc1-c1cccc(S(=O)(=O)N2CCCN(Cc3ccccn3)CC2)c1. The molecule has 3 aromatic rings. The van der Waals surface area contributed by atoms with Crippen LogP contribution in [0.5, 0.6) is 0 Å². The van der Waals surface area contributed by atoms with Crippen molar-refractivity contribution in [1.29, 1.82) is 0 Å². The number of benzene rings is 1. The van der Waals surface area contributed by atoms with E-state index in [9.17, 15) is 8.42 Å². The topological polar surface area (TPSA) is 82.2 Å². The highest BCUT2D eigenvalue weighted by Crippen LogP contribution is 2.26. The summed E-state index contributed by atoms with van der Waals surface area (Å²) in [6.07, 6.45) is 4.31. The lowest BCUT2D eigenvalue weighted by Crippen LogP contribution is -2.35. The van der Waals surface area contributed by atoms with Crippen LogP contribution in [0.3, 0.4) is 0 Å². The van der Waals surface area contributed by atoms with Gasteiger partial charge in [-0.05, 0) is 49.7 Å². The van der Waals surface area contributed by atoms with Crippen LogP contribution in [0.15, 0.2) is 59.8 Å². The fourth-order valence-corrected chi connectivity index (χ4v) is 5.20. The minimum Gasteiger partial charge on any atom is -0.296 e. The molecule has 1 fully saturated rings. The molecule has 1 aromatic carbocycles. The molecule has 0 bridgehead atoms. The van der Waals surface area contributed by atoms with E-state index in [0.29, 0.717) is 24.5 Å². The van der Waals surface area contributed by atoms with Crippen molar-refractivity contribution in [3.8, 4) is 11.1 Å². The van der Waals surface area contributed by atoms with Gasteiger partial charge in [0.25, 0.3) is 0 Å². The van der Waals surface area contributed by atoms with Gasteiger partial charge in [-0.2, -0.15) is 9.40 Å². The van der Waals surface area contributed by atoms with Crippen molar-refractivity contribution >= 4 is 10.0 Å². The maximum absolute atomic E-state index is 13.3. The summed E-state index contributed by atoms with van der Waals surface area (Å²) >= 11 is 0. The Hall–Kier alpha value is -2.55. The summed E-state index contributed by atoms with van der Waals surface area (Å²) in [5, 5.41) is 6.94. The van der Waals surface area contributed by atoms with Crippen molar-refractivity contribution < 1.29 is 8.42 Å². The molecule has 4 rings (SSSR count). The Kier molecular flexibility index (Phi) is 5.75. The molecule has 1 aliphatic rings. The summed E-state index contributed by atoms with van der Waals surface area (Å²) in [5.74, 6) is 0. The molecule has 0 unspecified atom stereocenters. The normalized spacial score (nSPS) is 16.6. The third-order valence-corrected chi connectivity index (χ3v) is 7.17. The lowest BCUT2D eigenvalue weighted by molar-refractivity contribution is 0.275. The number of H-pyrrole nitrogens is 1. The lowest BCUT2D eigenvalue weighted by atomic mass is 10.1. The van der Waals surface area contributed by atoms with Crippen molar-refractivity contribution in [1.82, 2.24) is 24.4 Å². The minimum absolute atomic E-state index is 0.328. The van der Waals surface area contributed by atoms with Crippen molar-refractivity contribution in [2.24, 2.45) is 0 Å². The van der Waals surface area contributed by atoms with E-state index in [2.05, 4.69) is 20.1 Å². The third kappa shape index (κ3) is 4.39.